The second-order valence-electron chi connectivity index (χ2n) is 8.05. The first-order valence-corrected chi connectivity index (χ1v) is 10.2. The van der Waals surface area contributed by atoms with Gasteiger partial charge in [-0.2, -0.15) is 0 Å². The molecule has 0 atom stereocenters. The van der Waals surface area contributed by atoms with Crippen molar-refractivity contribution in [2.45, 2.75) is 58.2 Å². The van der Waals surface area contributed by atoms with Gasteiger partial charge in [0.2, 0.25) is 0 Å². The Morgan fingerprint density at radius 3 is 2.54 bits per heavy atom. The molecule has 0 bridgehead atoms. The SMILES string of the molecule is CN(C(=O)OC(C)(C)C)C1CCN(Cc2cc(Br)ccc2OCC(F)F)CC1. The first kappa shape index (κ1) is 22.9. The van der Waals surface area contributed by atoms with Crippen molar-refractivity contribution in [2.24, 2.45) is 0 Å². The number of benzene rings is 1. The third-order valence-corrected chi connectivity index (χ3v) is 5.06. The summed E-state index contributed by atoms with van der Waals surface area (Å²) in [5, 5.41) is 0. The van der Waals surface area contributed by atoms with Gasteiger partial charge in [-0.05, 0) is 51.8 Å². The number of ether oxygens (including phenoxy) is 2. The molecule has 1 amide bonds. The lowest BCUT2D eigenvalue weighted by molar-refractivity contribution is 0.0148. The monoisotopic (exact) mass is 462 g/mol. The Balaban J connectivity index is 1.92. The number of rotatable bonds is 6. The standard InChI is InChI=1S/C20H29BrF2N2O3/c1-20(2,3)28-19(26)24(4)16-7-9-25(10-8-16)12-14-11-15(21)5-6-17(14)27-13-18(22)23/h5-6,11,16,18H,7-10,12-13H2,1-4H3. The summed E-state index contributed by atoms with van der Waals surface area (Å²) in [7, 11) is 1.78. The Bertz CT molecular complexity index is 659. The number of alkyl halides is 2. The zero-order valence-corrected chi connectivity index (χ0v) is 18.5. The zero-order valence-electron chi connectivity index (χ0n) is 16.9. The highest BCUT2D eigenvalue weighted by atomic mass is 79.9. The molecule has 2 rings (SSSR count). The van der Waals surface area contributed by atoms with E-state index >= 15 is 0 Å². The highest BCUT2D eigenvalue weighted by molar-refractivity contribution is 9.10. The van der Waals surface area contributed by atoms with E-state index in [0.717, 1.165) is 36.0 Å². The molecule has 0 unspecified atom stereocenters. The molecule has 8 heteroatoms. The highest BCUT2D eigenvalue weighted by Crippen LogP contribution is 2.27. The topological polar surface area (TPSA) is 42.0 Å². The predicted octanol–water partition coefficient (Wildman–Crippen LogP) is 4.92. The van der Waals surface area contributed by atoms with Crippen molar-refractivity contribution >= 4 is 22.0 Å². The summed E-state index contributed by atoms with van der Waals surface area (Å²) in [6.45, 7) is 7.17. The normalized spacial score (nSPS) is 16.3. The van der Waals surface area contributed by atoms with Crippen molar-refractivity contribution in [3.8, 4) is 5.75 Å². The number of piperidine rings is 1. The highest BCUT2D eigenvalue weighted by Gasteiger charge is 2.28. The summed E-state index contributed by atoms with van der Waals surface area (Å²) < 4.78 is 36.6. The number of carbonyl (C=O) groups is 1. The van der Waals surface area contributed by atoms with Gasteiger partial charge in [0, 0.05) is 42.8 Å². The summed E-state index contributed by atoms with van der Waals surface area (Å²) in [6, 6.07) is 5.53. The van der Waals surface area contributed by atoms with Gasteiger partial charge in [0.05, 0.1) is 0 Å². The van der Waals surface area contributed by atoms with Crippen LogP contribution in [0.5, 0.6) is 5.75 Å². The number of hydrogen-bond acceptors (Lipinski definition) is 4. The van der Waals surface area contributed by atoms with Crippen LogP contribution in [-0.2, 0) is 11.3 Å². The van der Waals surface area contributed by atoms with Gasteiger partial charge in [-0.15, -0.1) is 0 Å². The fourth-order valence-corrected chi connectivity index (χ4v) is 3.56. The minimum atomic E-state index is -2.50. The van der Waals surface area contributed by atoms with Gasteiger partial charge >= 0.3 is 6.09 Å². The van der Waals surface area contributed by atoms with Crippen molar-refractivity contribution in [1.29, 1.82) is 0 Å². The van der Waals surface area contributed by atoms with E-state index in [1.54, 1.807) is 24.1 Å². The van der Waals surface area contributed by atoms with Crippen LogP contribution in [0.1, 0.15) is 39.2 Å². The summed E-state index contributed by atoms with van der Waals surface area (Å²) in [4.78, 5) is 16.2. The van der Waals surface area contributed by atoms with Crippen molar-refractivity contribution in [1.82, 2.24) is 9.80 Å². The fourth-order valence-electron chi connectivity index (χ4n) is 3.15. The van der Waals surface area contributed by atoms with Crippen LogP contribution in [0.25, 0.3) is 0 Å². The number of likely N-dealkylation sites (tertiary alicyclic amines) is 1. The third kappa shape index (κ3) is 7.20. The van der Waals surface area contributed by atoms with E-state index in [2.05, 4.69) is 20.8 Å². The number of carbonyl (C=O) groups excluding carboxylic acids is 1. The average Bonchev–Trinajstić information content (AvgIpc) is 2.59. The summed E-state index contributed by atoms with van der Waals surface area (Å²) in [5.74, 6) is 0.483. The Kier molecular flexibility index (Phi) is 8.07. The molecule has 158 valence electrons. The lowest BCUT2D eigenvalue weighted by Gasteiger charge is -2.37. The van der Waals surface area contributed by atoms with E-state index in [1.165, 1.54) is 0 Å². The summed E-state index contributed by atoms with van der Waals surface area (Å²) in [5.41, 5.74) is 0.357. The molecular weight excluding hydrogens is 434 g/mol. The van der Waals surface area contributed by atoms with E-state index in [9.17, 15) is 13.6 Å². The zero-order chi connectivity index (χ0) is 20.9. The fraction of sp³-hybridized carbons (Fsp3) is 0.650. The van der Waals surface area contributed by atoms with Crippen LogP contribution in [0.3, 0.4) is 0 Å². The van der Waals surface area contributed by atoms with Gasteiger partial charge in [-0.1, -0.05) is 15.9 Å². The lowest BCUT2D eigenvalue weighted by atomic mass is 10.0. The number of nitrogens with zero attached hydrogens (tertiary/aromatic N) is 2. The molecule has 0 radical (unpaired) electrons. The molecule has 1 saturated heterocycles. The van der Waals surface area contributed by atoms with Crippen LogP contribution in [0.4, 0.5) is 13.6 Å². The van der Waals surface area contributed by atoms with Crippen LogP contribution in [0.2, 0.25) is 0 Å². The third-order valence-electron chi connectivity index (χ3n) is 4.57. The van der Waals surface area contributed by atoms with Crippen LogP contribution >= 0.6 is 15.9 Å². The van der Waals surface area contributed by atoms with Crippen molar-refractivity contribution in [2.75, 3.05) is 26.7 Å². The molecule has 0 aliphatic carbocycles. The molecule has 1 heterocycles. The lowest BCUT2D eigenvalue weighted by Crippen LogP contribution is -2.46. The Morgan fingerprint density at radius 2 is 1.96 bits per heavy atom. The van der Waals surface area contributed by atoms with Crippen LogP contribution < -0.4 is 4.74 Å². The predicted molar refractivity (Wildman–Crippen MR) is 108 cm³/mol. The number of amides is 1. The van der Waals surface area contributed by atoms with Crippen molar-refractivity contribution < 1.29 is 23.0 Å². The maximum Gasteiger partial charge on any atom is 0.410 e. The van der Waals surface area contributed by atoms with Gasteiger partial charge in [-0.25, -0.2) is 13.6 Å². The molecule has 5 nitrogen and oxygen atoms in total. The van der Waals surface area contributed by atoms with Gasteiger partial charge in [0.15, 0.2) is 0 Å². The van der Waals surface area contributed by atoms with E-state index < -0.39 is 18.6 Å². The number of hydrogen-bond donors (Lipinski definition) is 0. The van der Waals surface area contributed by atoms with E-state index in [-0.39, 0.29) is 12.1 Å². The molecule has 28 heavy (non-hydrogen) atoms. The van der Waals surface area contributed by atoms with Crippen molar-refractivity contribution in [3.05, 3.63) is 28.2 Å². The number of halogens is 3. The van der Waals surface area contributed by atoms with Crippen molar-refractivity contribution in [3.63, 3.8) is 0 Å². The van der Waals surface area contributed by atoms with Crippen LogP contribution in [0.15, 0.2) is 22.7 Å². The van der Waals surface area contributed by atoms with E-state index in [4.69, 9.17) is 9.47 Å². The molecule has 1 aliphatic heterocycles. The van der Waals surface area contributed by atoms with Gasteiger partial charge in [-0.3, -0.25) is 4.90 Å². The molecule has 1 fully saturated rings. The minimum absolute atomic E-state index is 0.128. The van der Waals surface area contributed by atoms with Gasteiger partial charge in [0.25, 0.3) is 6.43 Å². The molecule has 1 aromatic carbocycles. The average molecular weight is 463 g/mol. The van der Waals surface area contributed by atoms with E-state index in [0.29, 0.717) is 12.3 Å². The summed E-state index contributed by atoms with van der Waals surface area (Å²) >= 11 is 3.43. The molecular formula is C20H29BrF2N2O3. The second-order valence-corrected chi connectivity index (χ2v) is 8.97. The smallest absolute Gasteiger partial charge is 0.410 e. The maximum absolute atomic E-state index is 12.5. The molecule has 0 aromatic heterocycles. The van der Waals surface area contributed by atoms with Crippen LogP contribution in [0, 0.1) is 0 Å². The Morgan fingerprint density at radius 1 is 1.32 bits per heavy atom. The van der Waals surface area contributed by atoms with Gasteiger partial charge < -0.3 is 14.4 Å². The molecule has 0 spiro atoms. The molecule has 0 N–H and O–H groups in total. The van der Waals surface area contributed by atoms with Gasteiger partial charge in [0.1, 0.15) is 18.0 Å². The van der Waals surface area contributed by atoms with Crippen LogP contribution in [-0.4, -0.2) is 60.7 Å². The largest absolute Gasteiger partial charge is 0.487 e. The van der Waals surface area contributed by atoms with E-state index in [1.807, 2.05) is 26.8 Å². The Labute approximate surface area is 174 Å². The first-order chi connectivity index (χ1) is 13.0. The maximum atomic E-state index is 12.5. The molecule has 1 aromatic rings. The minimum Gasteiger partial charge on any atom is -0.487 e. The molecule has 0 saturated carbocycles. The summed E-state index contributed by atoms with van der Waals surface area (Å²) in [6.07, 6.45) is -1.15. The first-order valence-electron chi connectivity index (χ1n) is 9.42. The second kappa shape index (κ2) is 9.87. The quantitative estimate of drug-likeness (QED) is 0.601. The molecule has 1 aliphatic rings. The Hall–Kier alpha value is -1.41.